The number of ether oxygens (including phenoxy) is 1. The first kappa shape index (κ1) is 17.0. The number of hydrogen-bond acceptors (Lipinski definition) is 2. The lowest BCUT2D eigenvalue weighted by atomic mass is 10.2. The monoisotopic (exact) mass is 355 g/mol. The van der Waals surface area contributed by atoms with Crippen molar-refractivity contribution in [2.75, 3.05) is 26.8 Å². The van der Waals surface area contributed by atoms with Crippen LogP contribution in [0.25, 0.3) is 0 Å². The smallest absolute Gasteiger partial charge is 0.191 e. The molecule has 2 unspecified atom stereocenters. The van der Waals surface area contributed by atoms with Crippen LogP contribution in [0.15, 0.2) is 4.99 Å². The van der Waals surface area contributed by atoms with Gasteiger partial charge in [0.1, 0.15) is 0 Å². The maximum absolute atomic E-state index is 5.26. The number of halogens is 1. The minimum atomic E-state index is 0. The maximum atomic E-state index is 5.26. The quantitative estimate of drug-likeness (QED) is 0.318. The zero-order valence-electron chi connectivity index (χ0n) is 11.2. The van der Waals surface area contributed by atoms with Crippen LogP contribution in [0.5, 0.6) is 0 Å². The van der Waals surface area contributed by atoms with Crippen LogP contribution in [0.1, 0.15) is 33.1 Å². The number of rotatable bonds is 7. The van der Waals surface area contributed by atoms with Crippen molar-refractivity contribution in [1.82, 2.24) is 10.6 Å². The molecule has 102 valence electrons. The molecule has 1 saturated carbocycles. The minimum Gasteiger partial charge on any atom is -0.380 e. The third-order valence-corrected chi connectivity index (χ3v) is 2.87. The first-order chi connectivity index (χ1) is 7.81. The molecule has 17 heavy (non-hydrogen) atoms. The summed E-state index contributed by atoms with van der Waals surface area (Å²) in [5.41, 5.74) is 0. The highest BCUT2D eigenvalue weighted by Crippen LogP contribution is 2.34. The standard InChI is InChI=1S/C12H25N3O.HI/c1-4-6-10-9-11(10)15-12(13-3)14-7-8-16-5-2;/h10-11H,4-9H2,1-3H3,(H2,13,14,15);1H. The molecule has 0 aromatic carbocycles. The van der Waals surface area contributed by atoms with Crippen molar-refractivity contribution in [3.05, 3.63) is 0 Å². The van der Waals surface area contributed by atoms with Crippen LogP contribution in [-0.2, 0) is 4.74 Å². The van der Waals surface area contributed by atoms with Crippen LogP contribution >= 0.6 is 24.0 Å². The van der Waals surface area contributed by atoms with Crippen molar-refractivity contribution < 1.29 is 4.74 Å². The summed E-state index contributed by atoms with van der Waals surface area (Å²) >= 11 is 0. The Morgan fingerprint density at radius 1 is 1.41 bits per heavy atom. The summed E-state index contributed by atoms with van der Waals surface area (Å²) in [7, 11) is 1.81. The molecule has 2 atom stereocenters. The average Bonchev–Trinajstić information content (AvgIpc) is 3.01. The highest BCUT2D eigenvalue weighted by molar-refractivity contribution is 14.0. The summed E-state index contributed by atoms with van der Waals surface area (Å²) in [6.07, 6.45) is 3.90. The highest BCUT2D eigenvalue weighted by Gasteiger charge is 2.36. The second-order valence-corrected chi connectivity index (χ2v) is 4.23. The lowest BCUT2D eigenvalue weighted by Crippen LogP contribution is -2.40. The van der Waals surface area contributed by atoms with Crippen LogP contribution < -0.4 is 10.6 Å². The van der Waals surface area contributed by atoms with E-state index in [0.29, 0.717) is 6.04 Å². The summed E-state index contributed by atoms with van der Waals surface area (Å²) in [5, 5.41) is 6.69. The van der Waals surface area contributed by atoms with Gasteiger partial charge < -0.3 is 15.4 Å². The van der Waals surface area contributed by atoms with Crippen LogP contribution in [0.4, 0.5) is 0 Å². The van der Waals surface area contributed by atoms with Crippen molar-refractivity contribution in [1.29, 1.82) is 0 Å². The molecule has 0 saturated heterocycles. The molecule has 0 aromatic rings. The van der Waals surface area contributed by atoms with E-state index >= 15 is 0 Å². The van der Waals surface area contributed by atoms with Gasteiger partial charge in [-0.15, -0.1) is 24.0 Å². The number of nitrogens with one attached hydrogen (secondary N) is 2. The molecular formula is C12H26IN3O. The van der Waals surface area contributed by atoms with E-state index in [9.17, 15) is 0 Å². The van der Waals surface area contributed by atoms with E-state index in [2.05, 4.69) is 22.5 Å². The van der Waals surface area contributed by atoms with Crippen LogP contribution in [0.3, 0.4) is 0 Å². The lowest BCUT2D eigenvalue weighted by molar-refractivity contribution is 0.152. The normalized spacial score (nSPS) is 22.9. The highest BCUT2D eigenvalue weighted by atomic mass is 127. The second kappa shape index (κ2) is 9.94. The molecule has 1 fully saturated rings. The van der Waals surface area contributed by atoms with Gasteiger partial charge in [-0.3, -0.25) is 4.99 Å². The van der Waals surface area contributed by atoms with E-state index in [4.69, 9.17) is 4.74 Å². The van der Waals surface area contributed by atoms with Crippen molar-refractivity contribution >= 4 is 29.9 Å². The van der Waals surface area contributed by atoms with Crippen molar-refractivity contribution in [2.45, 2.75) is 39.2 Å². The Hall–Kier alpha value is -0.0400. The topological polar surface area (TPSA) is 45.7 Å². The molecular weight excluding hydrogens is 329 g/mol. The Morgan fingerprint density at radius 3 is 2.76 bits per heavy atom. The van der Waals surface area contributed by atoms with Crippen molar-refractivity contribution in [2.24, 2.45) is 10.9 Å². The summed E-state index contributed by atoms with van der Waals surface area (Å²) < 4.78 is 5.26. The van der Waals surface area contributed by atoms with Crippen LogP contribution in [-0.4, -0.2) is 38.8 Å². The van der Waals surface area contributed by atoms with Gasteiger partial charge in [-0.1, -0.05) is 13.3 Å². The Labute approximate surface area is 122 Å². The van der Waals surface area contributed by atoms with E-state index in [1.54, 1.807) is 0 Å². The van der Waals surface area contributed by atoms with Crippen LogP contribution in [0, 0.1) is 5.92 Å². The zero-order chi connectivity index (χ0) is 11.8. The number of nitrogens with zero attached hydrogens (tertiary/aromatic N) is 1. The average molecular weight is 355 g/mol. The first-order valence-corrected chi connectivity index (χ1v) is 6.36. The molecule has 5 heteroatoms. The molecule has 1 aliphatic rings. The van der Waals surface area contributed by atoms with Gasteiger partial charge >= 0.3 is 0 Å². The van der Waals surface area contributed by atoms with E-state index < -0.39 is 0 Å². The molecule has 1 rings (SSSR count). The van der Waals surface area contributed by atoms with Gasteiger partial charge in [0, 0.05) is 26.2 Å². The molecule has 2 N–H and O–H groups in total. The van der Waals surface area contributed by atoms with E-state index in [0.717, 1.165) is 31.6 Å². The van der Waals surface area contributed by atoms with Gasteiger partial charge in [0.15, 0.2) is 5.96 Å². The molecule has 0 amide bonds. The van der Waals surface area contributed by atoms with Gasteiger partial charge in [0.05, 0.1) is 6.61 Å². The van der Waals surface area contributed by atoms with E-state index in [-0.39, 0.29) is 24.0 Å². The molecule has 0 aliphatic heterocycles. The first-order valence-electron chi connectivity index (χ1n) is 6.36. The zero-order valence-corrected chi connectivity index (χ0v) is 13.5. The molecule has 0 heterocycles. The van der Waals surface area contributed by atoms with E-state index in [1.165, 1.54) is 19.3 Å². The number of aliphatic imine (C=N–C) groups is 1. The van der Waals surface area contributed by atoms with Gasteiger partial charge in [-0.2, -0.15) is 0 Å². The van der Waals surface area contributed by atoms with Gasteiger partial charge in [0.25, 0.3) is 0 Å². The predicted molar refractivity (Wildman–Crippen MR) is 83.2 cm³/mol. The Balaban J connectivity index is 0.00000256. The van der Waals surface area contributed by atoms with Gasteiger partial charge in [0.2, 0.25) is 0 Å². The SMILES string of the molecule is CCCC1CC1NC(=NC)NCCOCC.I. The summed E-state index contributed by atoms with van der Waals surface area (Å²) in [6.45, 7) is 6.57. The number of hydrogen-bond donors (Lipinski definition) is 2. The third kappa shape index (κ3) is 7.08. The van der Waals surface area contributed by atoms with Crippen LogP contribution in [0.2, 0.25) is 0 Å². The molecule has 0 spiro atoms. The fourth-order valence-corrected chi connectivity index (χ4v) is 1.87. The molecule has 1 aliphatic carbocycles. The summed E-state index contributed by atoms with van der Waals surface area (Å²) in [5.74, 6) is 1.76. The molecule has 0 bridgehead atoms. The van der Waals surface area contributed by atoms with Gasteiger partial charge in [-0.25, -0.2) is 0 Å². The largest absolute Gasteiger partial charge is 0.380 e. The van der Waals surface area contributed by atoms with Gasteiger partial charge in [-0.05, 0) is 25.7 Å². The second-order valence-electron chi connectivity index (χ2n) is 4.23. The fourth-order valence-electron chi connectivity index (χ4n) is 1.87. The summed E-state index contributed by atoms with van der Waals surface area (Å²) in [4.78, 5) is 4.20. The molecule has 4 nitrogen and oxygen atoms in total. The Morgan fingerprint density at radius 2 is 2.18 bits per heavy atom. The fraction of sp³-hybridized carbons (Fsp3) is 0.917. The Kier molecular flexibility index (Phi) is 9.91. The molecule has 0 radical (unpaired) electrons. The molecule has 0 aromatic heterocycles. The Bertz CT molecular complexity index is 224. The third-order valence-electron chi connectivity index (χ3n) is 2.87. The van der Waals surface area contributed by atoms with E-state index in [1.807, 2.05) is 14.0 Å². The summed E-state index contributed by atoms with van der Waals surface area (Å²) in [6, 6.07) is 0.637. The van der Waals surface area contributed by atoms with Crippen molar-refractivity contribution in [3.8, 4) is 0 Å². The van der Waals surface area contributed by atoms with Crippen molar-refractivity contribution in [3.63, 3.8) is 0 Å². The predicted octanol–water partition coefficient (Wildman–Crippen LogP) is 1.99. The minimum absolute atomic E-state index is 0. The number of guanidine groups is 1. The maximum Gasteiger partial charge on any atom is 0.191 e. The lowest BCUT2D eigenvalue weighted by Gasteiger charge is -2.11.